The average Bonchev–Trinajstić information content (AvgIpc) is 2.90. The number of aryl methyl sites for hydroxylation is 2. The number of benzene rings is 1. The third-order valence-electron chi connectivity index (χ3n) is 3.39. The van der Waals surface area contributed by atoms with Gasteiger partial charge < -0.3 is 5.32 Å². The number of hydrogen-bond acceptors (Lipinski definition) is 3. The Bertz CT molecular complexity index is 606. The first kappa shape index (κ1) is 15.2. The Labute approximate surface area is 125 Å². The van der Waals surface area contributed by atoms with Crippen molar-refractivity contribution >= 4 is 5.91 Å². The van der Waals surface area contributed by atoms with Gasteiger partial charge in [0.15, 0.2) is 0 Å². The normalized spacial score (nSPS) is 12.1. The molecule has 1 heterocycles. The number of H-pyrrole nitrogens is 1. The first-order chi connectivity index (χ1) is 10.1. The third kappa shape index (κ3) is 4.15. The predicted molar refractivity (Wildman–Crippen MR) is 82.2 cm³/mol. The number of aromatic amines is 1. The smallest absolute Gasteiger partial charge is 0.291 e. The third-order valence-corrected chi connectivity index (χ3v) is 3.39. The van der Waals surface area contributed by atoms with Crippen molar-refractivity contribution in [2.45, 2.75) is 46.1 Å². The molecule has 0 aliphatic heterocycles. The average molecular weight is 286 g/mol. The Balaban J connectivity index is 1.94. The molecular formula is C16H22N4O. The van der Waals surface area contributed by atoms with Crippen molar-refractivity contribution in [2.24, 2.45) is 0 Å². The number of nitrogens with one attached hydrogen (secondary N) is 2. The molecule has 0 bridgehead atoms. The molecule has 0 radical (unpaired) electrons. The molecule has 2 rings (SSSR count). The van der Waals surface area contributed by atoms with E-state index in [0.717, 1.165) is 25.1 Å². The van der Waals surface area contributed by atoms with Crippen LogP contribution in [0.2, 0.25) is 0 Å². The van der Waals surface area contributed by atoms with Gasteiger partial charge in [0, 0.05) is 12.5 Å². The number of nitrogens with zero attached hydrogens (tertiary/aromatic N) is 2. The highest BCUT2D eigenvalue weighted by Crippen LogP contribution is 2.09. The first-order valence-electron chi connectivity index (χ1n) is 7.36. The number of aromatic nitrogens is 3. The SMILES string of the molecule is CCCc1nc(C(=O)NC(C)Cc2ccccc2C)n[nH]1. The van der Waals surface area contributed by atoms with E-state index in [1.807, 2.05) is 19.1 Å². The monoisotopic (exact) mass is 286 g/mol. The van der Waals surface area contributed by atoms with Crippen molar-refractivity contribution < 1.29 is 4.79 Å². The maximum absolute atomic E-state index is 12.1. The number of rotatable bonds is 6. The fourth-order valence-electron chi connectivity index (χ4n) is 2.25. The highest BCUT2D eigenvalue weighted by Gasteiger charge is 2.15. The van der Waals surface area contributed by atoms with E-state index in [1.54, 1.807) is 0 Å². The Morgan fingerprint density at radius 3 is 2.86 bits per heavy atom. The Hall–Kier alpha value is -2.17. The lowest BCUT2D eigenvalue weighted by Crippen LogP contribution is -2.34. The van der Waals surface area contributed by atoms with E-state index in [0.29, 0.717) is 0 Å². The van der Waals surface area contributed by atoms with E-state index in [-0.39, 0.29) is 17.8 Å². The van der Waals surface area contributed by atoms with E-state index in [9.17, 15) is 4.79 Å². The van der Waals surface area contributed by atoms with Crippen LogP contribution in [0.4, 0.5) is 0 Å². The minimum atomic E-state index is -0.227. The van der Waals surface area contributed by atoms with Crippen molar-refractivity contribution in [3.05, 3.63) is 47.0 Å². The van der Waals surface area contributed by atoms with Gasteiger partial charge in [-0.05, 0) is 37.8 Å². The molecule has 1 atom stereocenters. The molecule has 1 aromatic carbocycles. The van der Waals surface area contributed by atoms with Gasteiger partial charge in [0.05, 0.1) is 0 Å². The number of carbonyl (C=O) groups is 1. The van der Waals surface area contributed by atoms with Crippen LogP contribution in [0.15, 0.2) is 24.3 Å². The largest absolute Gasteiger partial charge is 0.346 e. The predicted octanol–water partition coefficient (Wildman–Crippen LogP) is 2.43. The van der Waals surface area contributed by atoms with Gasteiger partial charge in [-0.15, -0.1) is 5.10 Å². The van der Waals surface area contributed by atoms with Crippen LogP contribution in [0.1, 0.15) is 47.8 Å². The summed E-state index contributed by atoms with van der Waals surface area (Å²) in [5.74, 6) is 0.749. The topological polar surface area (TPSA) is 70.7 Å². The zero-order valence-corrected chi connectivity index (χ0v) is 12.8. The highest BCUT2D eigenvalue weighted by atomic mass is 16.2. The van der Waals surface area contributed by atoms with Gasteiger partial charge in [0.1, 0.15) is 5.82 Å². The van der Waals surface area contributed by atoms with Crippen molar-refractivity contribution in [2.75, 3.05) is 0 Å². The number of hydrogen-bond donors (Lipinski definition) is 2. The van der Waals surface area contributed by atoms with Crippen LogP contribution in [-0.2, 0) is 12.8 Å². The zero-order valence-electron chi connectivity index (χ0n) is 12.8. The standard InChI is InChI=1S/C16H22N4O/c1-4-7-14-18-15(20-19-14)16(21)17-12(3)10-13-9-6-5-8-11(13)2/h5-6,8-9,12H,4,7,10H2,1-3H3,(H,17,21)(H,18,19,20). The Morgan fingerprint density at radius 1 is 1.38 bits per heavy atom. The molecule has 0 aliphatic rings. The van der Waals surface area contributed by atoms with Crippen molar-refractivity contribution in [3.63, 3.8) is 0 Å². The maximum atomic E-state index is 12.1. The lowest BCUT2D eigenvalue weighted by molar-refractivity contribution is 0.0930. The molecule has 0 saturated carbocycles. The molecular weight excluding hydrogens is 264 g/mol. The van der Waals surface area contributed by atoms with Gasteiger partial charge in [-0.25, -0.2) is 4.98 Å². The van der Waals surface area contributed by atoms with Crippen LogP contribution in [0, 0.1) is 6.92 Å². The fraction of sp³-hybridized carbons (Fsp3) is 0.438. The van der Waals surface area contributed by atoms with Crippen molar-refractivity contribution in [3.8, 4) is 0 Å². The summed E-state index contributed by atoms with van der Waals surface area (Å²) in [5.41, 5.74) is 2.48. The zero-order chi connectivity index (χ0) is 15.2. The van der Waals surface area contributed by atoms with Gasteiger partial charge in [0.2, 0.25) is 5.82 Å². The highest BCUT2D eigenvalue weighted by molar-refractivity contribution is 5.90. The molecule has 0 saturated heterocycles. The van der Waals surface area contributed by atoms with E-state index >= 15 is 0 Å². The molecule has 0 aliphatic carbocycles. The van der Waals surface area contributed by atoms with E-state index in [1.165, 1.54) is 11.1 Å². The first-order valence-corrected chi connectivity index (χ1v) is 7.36. The molecule has 1 aromatic heterocycles. The van der Waals surface area contributed by atoms with E-state index < -0.39 is 0 Å². The van der Waals surface area contributed by atoms with E-state index in [4.69, 9.17) is 0 Å². The van der Waals surface area contributed by atoms with Crippen molar-refractivity contribution in [1.29, 1.82) is 0 Å². The van der Waals surface area contributed by atoms with Crippen LogP contribution in [0.5, 0.6) is 0 Å². The summed E-state index contributed by atoms with van der Waals surface area (Å²) < 4.78 is 0. The fourth-order valence-corrected chi connectivity index (χ4v) is 2.25. The molecule has 21 heavy (non-hydrogen) atoms. The summed E-state index contributed by atoms with van der Waals surface area (Å²) in [6.07, 6.45) is 2.57. The van der Waals surface area contributed by atoms with Gasteiger partial charge >= 0.3 is 0 Å². The lowest BCUT2D eigenvalue weighted by Gasteiger charge is -2.14. The van der Waals surface area contributed by atoms with Gasteiger partial charge in [-0.3, -0.25) is 9.89 Å². The second-order valence-corrected chi connectivity index (χ2v) is 5.36. The Kier molecular flexibility index (Phi) is 5.09. The Morgan fingerprint density at radius 2 is 2.14 bits per heavy atom. The molecule has 5 nitrogen and oxygen atoms in total. The van der Waals surface area contributed by atoms with Crippen LogP contribution < -0.4 is 5.32 Å². The summed E-state index contributed by atoms with van der Waals surface area (Å²) >= 11 is 0. The molecule has 1 amide bonds. The van der Waals surface area contributed by atoms with Gasteiger partial charge in [-0.2, -0.15) is 0 Å². The quantitative estimate of drug-likeness (QED) is 0.856. The molecule has 2 aromatic rings. The number of amides is 1. The van der Waals surface area contributed by atoms with Crippen LogP contribution in [0.25, 0.3) is 0 Å². The van der Waals surface area contributed by atoms with Gasteiger partial charge in [0.25, 0.3) is 5.91 Å². The molecule has 0 spiro atoms. The summed E-state index contributed by atoms with van der Waals surface area (Å²) in [6, 6.07) is 8.24. The van der Waals surface area contributed by atoms with Crippen molar-refractivity contribution in [1.82, 2.24) is 20.5 Å². The summed E-state index contributed by atoms with van der Waals surface area (Å²) in [7, 11) is 0. The molecule has 1 unspecified atom stereocenters. The summed E-state index contributed by atoms with van der Waals surface area (Å²) in [4.78, 5) is 16.3. The molecule has 2 N–H and O–H groups in total. The minimum absolute atomic E-state index is 0.0340. The summed E-state index contributed by atoms with van der Waals surface area (Å²) in [5, 5.41) is 9.71. The van der Waals surface area contributed by atoms with Crippen LogP contribution >= 0.6 is 0 Å². The van der Waals surface area contributed by atoms with Crippen LogP contribution in [-0.4, -0.2) is 27.1 Å². The van der Waals surface area contributed by atoms with E-state index in [2.05, 4.69) is 46.5 Å². The van der Waals surface area contributed by atoms with Crippen LogP contribution in [0.3, 0.4) is 0 Å². The number of carbonyl (C=O) groups excluding carboxylic acids is 1. The second kappa shape index (κ2) is 7.02. The molecule has 5 heteroatoms. The summed E-state index contributed by atoms with van der Waals surface area (Å²) in [6.45, 7) is 6.13. The maximum Gasteiger partial charge on any atom is 0.291 e. The minimum Gasteiger partial charge on any atom is -0.346 e. The lowest BCUT2D eigenvalue weighted by atomic mass is 10.0. The second-order valence-electron chi connectivity index (χ2n) is 5.36. The van der Waals surface area contributed by atoms with Gasteiger partial charge in [-0.1, -0.05) is 31.2 Å². The molecule has 0 fully saturated rings. The molecule has 112 valence electrons.